The first-order chi connectivity index (χ1) is 14.2. The van der Waals surface area contributed by atoms with E-state index in [0.29, 0.717) is 43.5 Å². The highest BCUT2D eigenvalue weighted by atomic mass is 19.4. The molecule has 1 aliphatic carbocycles. The van der Waals surface area contributed by atoms with Crippen LogP contribution in [0.25, 0.3) is 0 Å². The fraction of sp³-hybridized carbons (Fsp3) is 0.391. The average molecular weight is 417 g/mol. The molecule has 1 aliphatic heterocycles. The normalized spacial score (nSPS) is 22.0. The summed E-state index contributed by atoms with van der Waals surface area (Å²) in [6.45, 7) is 0.943. The molecule has 0 spiro atoms. The van der Waals surface area contributed by atoms with E-state index in [1.807, 2.05) is 0 Å². The lowest BCUT2D eigenvalue weighted by Crippen LogP contribution is -2.41. The lowest BCUT2D eigenvalue weighted by Gasteiger charge is -2.31. The number of Topliss-reactive ketones (excluding diaryl/α,β-unsaturated/α-hetero) is 1. The van der Waals surface area contributed by atoms with Crippen molar-refractivity contribution in [1.82, 2.24) is 4.90 Å². The number of phenolic OH excluding ortho intramolecular Hbond substituents is 1. The smallest absolute Gasteiger partial charge is 0.416 e. The second kappa shape index (κ2) is 7.78. The first kappa shape index (κ1) is 20.4. The van der Waals surface area contributed by atoms with Crippen LogP contribution < -0.4 is 0 Å². The Kier molecular flexibility index (Phi) is 5.30. The van der Waals surface area contributed by atoms with E-state index in [2.05, 4.69) is 0 Å². The van der Waals surface area contributed by atoms with E-state index in [-0.39, 0.29) is 35.2 Å². The molecule has 158 valence electrons. The molecule has 1 saturated heterocycles. The molecule has 1 heterocycles. The highest BCUT2D eigenvalue weighted by molar-refractivity contribution is 5.98. The van der Waals surface area contributed by atoms with Crippen molar-refractivity contribution in [3.63, 3.8) is 0 Å². The first-order valence-corrected chi connectivity index (χ1v) is 10.0. The second-order valence-corrected chi connectivity index (χ2v) is 8.08. The van der Waals surface area contributed by atoms with Crippen LogP contribution in [0.3, 0.4) is 0 Å². The van der Waals surface area contributed by atoms with E-state index < -0.39 is 11.7 Å². The second-order valence-electron chi connectivity index (χ2n) is 8.08. The van der Waals surface area contributed by atoms with Crippen LogP contribution in [-0.2, 0) is 11.0 Å². The molecule has 2 aromatic carbocycles. The summed E-state index contributed by atoms with van der Waals surface area (Å²) in [5, 5.41) is 9.35. The predicted octanol–water partition coefficient (Wildman–Crippen LogP) is 4.64. The van der Waals surface area contributed by atoms with Gasteiger partial charge in [-0.15, -0.1) is 0 Å². The van der Waals surface area contributed by atoms with Gasteiger partial charge in [0.25, 0.3) is 0 Å². The van der Waals surface area contributed by atoms with Gasteiger partial charge in [-0.25, -0.2) is 0 Å². The molecule has 30 heavy (non-hydrogen) atoms. The molecule has 4 rings (SSSR count). The minimum absolute atomic E-state index is 0.00960. The van der Waals surface area contributed by atoms with Crippen LogP contribution in [-0.4, -0.2) is 34.8 Å². The molecule has 2 aliphatic rings. The van der Waals surface area contributed by atoms with E-state index in [0.717, 1.165) is 12.1 Å². The van der Waals surface area contributed by atoms with Crippen LogP contribution in [0.5, 0.6) is 5.75 Å². The fourth-order valence-electron chi connectivity index (χ4n) is 4.24. The van der Waals surface area contributed by atoms with Crippen LogP contribution in [0, 0.1) is 11.8 Å². The Bertz CT molecular complexity index is 947. The zero-order valence-electron chi connectivity index (χ0n) is 16.2. The van der Waals surface area contributed by atoms with Gasteiger partial charge >= 0.3 is 6.18 Å². The number of alkyl halides is 3. The molecule has 2 atom stereocenters. The fourth-order valence-corrected chi connectivity index (χ4v) is 4.24. The summed E-state index contributed by atoms with van der Waals surface area (Å²) in [5.41, 5.74) is 0.414. The van der Waals surface area contributed by atoms with Crippen molar-refractivity contribution >= 4 is 11.7 Å². The highest BCUT2D eigenvalue weighted by Crippen LogP contribution is 2.49. The van der Waals surface area contributed by atoms with Gasteiger partial charge in [0, 0.05) is 30.5 Å². The summed E-state index contributed by atoms with van der Waals surface area (Å²) in [4.78, 5) is 27.1. The maximum Gasteiger partial charge on any atom is 0.416 e. The van der Waals surface area contributed by atoms with Crippen LogP contribution in [0.1, 0.15) is 46.7 Å². The number of halogens is 3. The minimum atomic E-state index is -4.39. The van der Waals surface area contributed by atoms with Crippen LogP contribution in [0.4, 0.5) is 13.2 Å². The summed E-state index contributed by atoms with van der Waals surface area (Å²) >= 11 is 0. The van der Waals surface area contributed by atoms with Crippen molar-refractivity contribution in [3.8, 4) is 5.75 Å². The minimum Gasteiger partial charge on any atom is -0.508 e. The van der Waals surface area contributed by atoms with Gasteiger partial charge in [-0.3, -0.25) is 9.59 Å². The Morgan fingerprint density at radius 2 is 1.67 bits per heavy atom. The number of carbonyl (C=O) groups excluding carboxylic acids is 2. The van der Waals surface area contributed by atoms with Crippen molar-refractivity contribution in [2.45, 2.75) is 31.4 Å². The third-order valence-corrected chi connectivity index (χ3v) is 6.08. The summed E-state index contributed by atoms with van der Waals surface area (Å²) in [6.07, 6.45) is -2.71. The zero-order valence-corrected chi connectivity index (χ0v) is 16.2. The molecule has 1 saturated carbocycles. The van der Waals surface area contributed by atoms with Crippen LogP contribution >= 0.6 is 0 Å². The quantitative estimate of drug-likeness (QED) is 0.738. The SMILES string of the molecule is O=C(c1ccc(O)cc1)C1CCN(C(=O)C2CC2c2cccc(C(F)(F)F)c2)CC1. The molecule has 7 heteroatoms. The molecule has 0 bridgehead atoms. The number of aromatic hydroxyl groups is 1. The summed E-state index contributed by atoms with van der Waals surface area (Å²) < 4.78 is 38.8. The van der Waals surface area contributed by atoms with Gasteiger partial charge in [0.1, 0.15) is 5.75 Å². The number of carbonyl (C=O) groups is 2. The van der Waals surface area contributed by atoms with Gasteiger partial charge in [0.05, 0.1) is 5.56 Å². The number of ketones is 1. The summed E-state index contributed by atoms with van der Waals surface area (Å²) in [6, 6.07) is 11.4. The number of likely N-dealkylation sites (tertiary alicyclic amines) is 1. The number of rotatable bonds is 4. The third kappa shape index (κ3) is 4.20. The molecule has 1 N–H and O–H groups in total. The van der Waals surface area contributed by atoms with Crippen LogP contribution in [0.2, 0.25) is 0 Å². The Labute approximate surface area is 172 Å². The Morgan fingerprint density at radius 3 is 2.30 bits per heavy atom. The Morgan fingerprint density at radius 1 is 1.00 bits per heavy atom. The highest BCUT2D eigenvalue weighted by Gasteiger charge is 2.47. The summed E-state index contributed by atoms with van der Waals surface area (Å²) in [7, 11) is 0. The van der Waals surface area contributed by atoms with Gasteiger partial charge in [0.2, 0.25) is 5.91 Å². The molecule has 2 unspecified atom stereocenters. The van der Waals surface area contributed by atoms with Crippen LogP contribution in [0.15, 0.2) is 48.5 Å². The molecule has 2 aromatic rings. The largest absolute Gasteiger partial charge is 0.508 e. The first-order valence-electron chi connectivity index (χ1n) is 10.0. The van der Waals surface area contributed by atoms with Gasteiger partial charge in [-0.1, -0.05) is 18.2 Å². The number of hydrogen-bond acceptors (Lipinski definition) is 3. The van der Waals surface area contributed by atoms with Crippen molar-refractivity contribution in [2.75, 3.05) is 13.1 Å². The van der Waals surface area contributed by atoms with Gasteiger partial charge < -0.3 is 10.0 Å². The molecular weight excluding hydrogens is 395 g/mol. The molecule has 0 aromatic heterocycles. The van der Waals surface area contributed by atoms with Gasteiger partial charge in [-0.05, 0) is 61.1 Å². The van der Waals surface area contributed by atoms with Crippen molar-refractivity contribution in [3.05, 3.63) is 65.2 Å². The van der Waals surface area contributed by atoms with E-state index in [1.54, 1.807) is 23.1 Å². The zero-order chi connectivity index (χ0) is 21.5. The number of nitrogens with zero attached hydrogens (tertiary/aromatic N) is 1. The van der Waals surface area contributed by atoms with E-state index >= 15 is 0 Å². The topological polar surface area (TPSA) is 57.6 Å². The number of hydrogen-bond donors (Lipinski definition) is 1. The van der Waals surface area contributed by atoms with Gasteiger partial charge in [0.15, 0.2) is 5.78 Å². The molecule has 2 fully saturated rings. The molecule has 4 nitrogen and oxygen atoms in total. The Hall–Kier alpha value is -2.83. The maximum atomic E-state index is 12.9. The molecular formula is C23H22F3NO3. The molecule has 1 amide bonds. The number of piperidine rings is 1. The lowest BCUT2D eigenvalue weighted by molar-refractivity contribution is -0.137. The average Bonchev–Trinajstić information content (AvgIpc) is 3.54. The summed E-state index contributed by atoms with van der Waals surface area (Å²) in [5.74, 6) is -0.541. The molecule has 0 radical (unpaired) electrons. The standard InChI is InChI=1S/C23H22F3NO3/c24-23(25,26)17-3-1-2-16(12-17)19-13-20(19)22(30)27-10-8-15(9-11-27)21(29)14-4-6-18(28)7-5-14/h1-7,12,15,19-20,28H,8-11,13H2. The van der Waals surface area contributed by atoms with Crippen molar-refractivity contribution in [1.29, 1.82) is 0 Å². The maximum absolute atomic E-state index is 12.9. The van der Waals surface area contributed by atoms with Crippen molar-refractivity contribution in [2.24, 2.45) is 11.8 Å². The van der Waals surface area contributed by atoms with E-state index in [1.165, 1.54) is 18.2 Å². The lowest BCUT2D eigenvalue weighted by atomic mass is 9.88. The van der Waals surface area contributed by atoms with E-state index in [4.69, 9.17) is 0 Å². The van der Waals surface area contributed by atoms with Gasteiger partial charge in [-0.2, -0.15) is 13.2 Å². The van der Waals surface area contributed by atoms with Crippen molar-refractivity contribution < 1.29 is 27.9 Å². The third-order valence-electron chi connectivity index (χ3n) is 6.08. The Balaban J connectivity index is 1.33. The predicted molar refractivity (Wildman–Crippen MR) is 104 cm³/mol. The number of benzene rings is 2. The number of amides is 1. The van der Waals surface area contributed by atoms with E-state index in [9.17, 15) is 27.9 Å². The number of phenols is 1. The monoisotopic (exact) mass is 417 g/mol.